The van der Waals surface area contributed by atoms with Crippen LogP contribution in [0.5, 0.6) is 0 Å². The quantitative estimate of drug-likeness (QED) is 0.0348. The Bertz CT molecular complexity index is 826. The molecule has 0 rings (SSSR count). The number of hydrogen-bond acceptors (Lipinski definition) is 6. The molecule has 0 aliphatic carbocycles. The Morgan fingerprint density at radius 2 is 0.600 bits per heavy atom. The minimum absolute atomic E-state index is 0.0637. The van der Waals surface area contributed by atoms with E-state index in [1.165, 1.54) is 167 Å². The van der Waals surface area contributed by atoms with E-state index in [0.29, 0.717) is 19.3 Å². The molecule has 0 amide bonds. The third-order valence-electron chi connectivity index (χ3n) is 11.0. The molecule has 0 N–H and O–H groups in total. The van der Waals surface area contributed by atoms with Crippen LogP contribution in [0.15, 0.2) is 0 Å². The summed E-state index contributed by atoms with van der Waals surface area (Å²) in [5.41, 5.74) is 0. The molecular formula is C49H94O6. The highest BCUT2D eigenvalue weighted by molar-refractivity contribution is 5.71. The number of carbonyl (C=O) groups excluding carboxylic acids is 3. The van der Waals surface area contributed by atoms with Crippen molar-refractivity contribution in [3.8, 4) is 0 Å². The summed E-state index contributed by atoms with van der Waals surface area (Å²) in [7, 11) is 0. The van der Waals surface area contributed by atoms with Gasteiger partial charge in [-0.05, 0) is 25.2 Å². The zero-order valence-electron chi connectivity index (χ0n) is 37.4. The van der Waals surface area contributed by atoms with Gasteiger partial charge in [-0.1, -0.05) is 233 Å². The summed E-state index contributed by atoms with van der Waals surface area (Å²) in [6, 6.07) is 0. The second-order valence-corrected chi connectivity index (χ2v) is 17.2. The number of carbonyl (C=O) groups is 3. The zero-order chi connectivity index (χ0) is 40.3. The van der Waals surface area contributed by atoms with Crippen molar-refractivity contribution in [2.75, 3.05) is 13.2 Å². The summed E-state index contributed by atoms with van der Waals surface area (Å²) >= 11 is 0. The van der Waals surface area contributed by atoms with Crippen LogP contribution in [0.4, 0.5) is 0 Å². The minimum Gasteiger partial charge on any atom is -0.462 e. The van der Waals surface area contributed by atoms with E-state index in [9.17, 15) is 14.4 Å². The fraction of sp³-hybridized carbons (Fsp3) is 0.939. The van der Waals surface area contributed by atoms with Gasteiger partial charge < -0.3 is 14.2 Å². The molecule has 6 nitrogen and oxygen atoms in total. The van der Waals surface area contributed by atoms with Gasteiger partial charge in [-0.15, -0.1) is 0 Å². The first-order valence-electron chi connectivity index (χ1n) is 24.4. The summed E-state index contributed by atoms with van der Waals surface area (Å²) < 4.78 is 16.7. The van der Waals surface area contributed by atoms with Gasteiger partial charge in [0.2, 0.25) is 0 Å². The van der Waals surface area contributed by atoms with E-state index in [2.05, 4.69) is 27.7 Å². The van der Waals surface area contributed by atoms with E-state index in [-0.39, 0.29) is 31.1 Å². The molecule has 0 aromatic carbocycles. The summed E-state index contributed by atoms with van der Waals surface area (Å²) in [5.74, 6) is -0.0106. The Morgan fingerprint density at radius 1 is 0.345 bits per heavy atom. The maximum absolute atomic E-state index is 12.6. The Labute approximate surface area is 342 Å². The van der Waals surface area contributed by atoms with Gasteiger partial charge in [0, 0.05) is 19.3 Å². The number of rotatable bonds is 44. The topological polar surface area (TPSA) is 78.9 Å². The third-order valence-corrected chi connectivity index (χ3v) is 11.0. The van der Waals surface area contributed by atoms with Crippen molar-refractivity contribution in [1.29, 1.82) is 0 Å². The second kappa shape index (κ2) is 43.5. The number of ether oxygens (including phenoxy) is 3. The lowest BCUT2D eigenvalue weighted by atomic mass is 10.0. The van der Waals surface area contributed by atoms with Crippen LogP contribution in [-0.2, 0) is 28.6 Å². The van der Waals surface area contributed by atoms with Crippen molar-refractivity contribution in [2.45, 2.75) is 278 Å². The highest BCUT2D eigenvalue weighted by atomic mass is 16.6. The fourth-order valence-electron chi connectivity index (χ4n) is 7.33. The van der Waals surface area contributed by atoms with E-state index in [0.717, 1.165) is 63.7 Å². The molecule has 0 aromatic heterocycles. The van der Waals surface area contributed by atoms with Crippen LogP contribution < -0.4 is 0 Å². The molecule has 0 radical (unpaired) electrons. The molecule has 6 heteroatoms. The smallest absolute Gasteiger partial charge is 0.306 e. The van der Waals surface area contributed by atoms with Gasteiger partial charge in [-0.25, -0.2) is 0 Å². The lowest BCUT2D eigenvalue weighted by Gasteiger charge is -2.18. The van der Waals surface area contributed by atoms with Gasteiger partial charge in [0.1, 0.15) is 13.2 Å². The Balaban J connectivity index is 4.18. The standard InChI is InChI=1S/C49H94O6/c1-5-7-9-11-13-14-15-18-22-25-29-32-36-40-47(50)53-43-46(55-49(52)42-38-34-27-12-10-8-6-2)44-54-48(51)41-37-33-30-26-23-20-17-16-19-21-24-28-31-35-39-45(3)4/h45-46H,5-44H2,1-4H3/t46-/m1/s1. The van der Waals surface area contributed by atoms with E-state index < -0.39 is 6.10 Å². The molecule has 0 unspecified atom stereocenters. The highest BCUT2D eigenvalue weighted by Gasteiger charge is 2.19. The van der Waals surface area contributed by atoms with E-state index in [1.807, 2.05) is 0 Å². The lowest BCUT2D eigenvalue weighted by molar-refractivity contribution is -0.167. The van der Waals surface area contributed by atoms with Gasteiger partial charge in [0.15, 0.2) is 6.10 Å². The van der Waals surface area contributed by atoms with Crippen LogP contribution >= 0.6 is 0 Å². The first-order valence-corrected chi connectivity index (χ1v) is 24.4. The summed E-state index contributed by atoms with van der Waals surface area (Å²) in [4.78, 5) is 37.7. The number of esters is 3. The lowest BCUT2D eigenvalue weighted by Crippen LogP contribution is -2.30. The molecule has 0 fully saturated rings. The molecule has 0 saturated carbocycles. The first kappa shape index (κ1) is 53.4. The van der Waals surface area contributed by atoms with Gasteiger partial charge in [0.05, 0.1) is 0 Å². The van der Waals surface area contributed by atoms with Crippen molar-refractivity contribution in [2.24, 2.45) is 5.92 Å². The molecule has 0 aromatic rings. The molecule has 0 saturated heterocycles. The SMILES string of the molecule is CCCCCCCCCCCCCCCC(=O)OC[C@H](COC(=O)CCCCCCCCCCCCCCCCC(C)C)OC(=O)CCCCCCCCC. The van der Waals surface area contributed by atoms with Crippen LogP contribution in [0, 0.1) is 5.92 Å². The predicted octanol–water partition coefficient (Wildman–Crippen LogP) is 15.5. The molecule has 326 valence electrons. The average Bonchev–Trinajstić information content (AvgIpc) is 3.17. The summed E-state index contributed by atoms with van der Waals surface area (Å²) in [6.07, 6.45) is 43.8. The zero-order valence-corrected chi connectivity index (χ0v) is 37.4. The van der Waals surface area contributed by atoms with E-state index in [1.54, 1.807) is 0 Å². The van der Waals surface area contributed by atoms with Crippen LogP contribution in [0.3, 0.4) is 0 Å². The Morgan fingerprint density at radius 3 is 0.891 bits per heavy atom. The van der Waals surface area contributed by atoms with E-state index in [4.69, 9.17) is 14.2 Å². The first-order chi connectivity index (χ1) is 26.9. The van der Waals surface area contributed by atoms with E-state index >= 15 is 0 Å². The Kier molecular flexibility index (Phi) is 42.3. The average molecular weight is 779 g/mol. The maximum Gasteiger partial charge on any atom is 0.306 e. The van der Waals surface area contributed by atoms with Crippen molar-refractivity contribution in [1.82, 2.24) is 0 Å². The van der Waals surface area contributed by atoms with Crippen LogP contribution in [-0.4, -0.2) is 37.2 Å². The number of unbranched alkanes of at least 4 members (excludes halogenated alkanes) is 31. The van der Waals surface area contributed by atoms with Gasteiger partial charge in [-0.3, -0.25) is 14.4 Å². The molecule has 0 spiro atoms. The number of hydrogen-bond donors (Lipinski definition) is 0. The van der Waals surface area contributed by atoms with Crippen LogP contribution in [0.25, 0.3) is 0 Å². The molecule has 0 bridgehead atoms. The summed E-state index contributed by atoms with van der Waals surface area (Å²) in [6.45, 7) is 8.98. The fourth-order valence-corrected chi connectivity index (χ4v) is 7.33. The van der Waals surface area contributed by atoms with Crippen LogP contribution in [0.1, 0.15) is 272 Å². The minimum atomic E-state index is -0.758. The largest absolute Gasteiger partial charge is 0.462 e. The molecule has 0 heterocycles. The maximum atomic E-state index is 12.6. The van der Waals surface area contributed by atoms with Gasteiger partial charge >= 0.3 is 17.9 Å². The molecule has 0 aliphatic rings. The highest BCUT2D eigenvalue weighted by Crippen LogP contribution is 2.17. The molecule has 0 aliphatic heterocycles. The molecular weight excluding hydrogens is 685 g/mol. The normalized spacial score (nSPS) is 11.9. The van der Waals surface area contributed by atoms with Crippen molar-refractivity contribution < 1.29 is 28.6 Å². The van der Waals surface area contributed by atoms with Gasteiger partial charge in [-0.2, -0.15) is 0 Å². The van der Waals surface area contributed by atoms with Crippen molar-refractivity contribution in [3.63, 3.8) is 0 Å². The summed E-state index contributed by atoms with van der Waals surface area (Å²) in [5, 5.41) is 0. The predicted molar refractivity (Wildman–Crippen MR) is 233 cm³/mol. The van der Waals surface area contributed by atoms with Gasteiger partial charge in [0.25, 0.3) is 0 Å². The molecule has 55 heavy (non-hydrogen) atoms. The Hall–Kier alpha value is -1.59. The van der Waals surface area contributed by atoms with Crippen LogP contribution in [0.2, 0.25) is 0 Å². The third kappa shape index (κ3) is 43.4. The van der Waals surface area contributed by atoms with Crippen molar-refractivity contribution in [3.05, 3.63) is 0 Å². The molecule has 1 atom stereocenters. The second-order valence-electron chi connectivity index (χ2n) is 17.2. The monoisotopic (exact) mass is 779 g/mol. The van der Waals surface area contributed by atoms with Crippen molar-refractivity contribution >= 4 is 17.9 Å².